The highest BCUT2D eigenvalue weighted by atomic mass is 16.2. The van der Waals surface area contributed by atoms with E-state index in [2.05, 4.69) is 10.5 Å². The minimum atomic E-state index is -0.127. The van der Waals surface area contributed by atoms with Crippen LogP contribution < -0.4 is 10.3 Å². The number of fused-ring (bicyclic) bond motifs is 1. The monoisotopic (exact) mass is 331 g/mol. The van der Waals surface area contributed by atoms with Crippen LogP contribution in [0.25, 0.3) is 10.8 Å². The summed E-state index contributed by atoms with van der Waals surface area (Å²) in [5, 5.41) is 6.29. The summed E-state index contributed by atoms with van der Waals surface area (Å²) in [5.74, 6) is -0.127. The Morgan fingerprint density at radius 2 is 1.72 bits per heavy atom. The zero-order valence-electron chi connectivity index (χ0n) is 14.4. The smallest absolute Gasteiger partial charge is 0.244 e. The third-order valence-corrected chi connectivity index (χ3v) is 4.04. The molecule has 0 heterocycles. The summed E-state index contributed by atoms with van der Waals surface area (Å²) in [6.07, 6.45) is 1.96. The standard InChI is InChI=1S/C21H21N3O/c1-24(2)19-12-10-16(11-13-19)15-22-23-21(25)14-18-8-5-7-17-6-3-4-9-20(17)18/h3-13,15H,14H2,1-2H3,(H,23,25). The topological polar surface area (TPSA) is 44.7 Å². The predicted molar refractivity (Wildman–Crippen MR) is 104 cm³/mol. The maximum absolute atomic E-state index is 12.2. The fourth-order valence-corrected chi connectivity index (χ4v) is 2.70. The van der Waals surface area contributed by atoms with Crippen LogP contribution in [0.15, 0.2) is 71.8 Å². The van der Waals surface area contributed by atoms with E-state index in [-0.39, 0.29) is 5.91 Å². The van der Waals surface area contributed by atoms with Crippen LogP contribution in [0.2, 0.25) is 0 Å². The Bertz CT molecular complexity index is 893. The van der Waals surface area contributed by atoms with E-state index in [1.807, 2.05) is 85.7 Å². The summed E-state index contributed by atoms with van der Waals surface area (Å²) in [4.78, 5) is 14.2. The summed E-state index contributed by atoms with van der Waals surface area (Å²) in [7, 11) is 3.99. The Balaban J connectivity index is 1.62. The van der Waals surface area contributed by atoms with Crippen molar-refractivity contribution in [2.45, 2.75) is 6.42 Å². The zero-order valence-corrected chi connectivity index (χ0v) is 14.4. The lowest BCUT2D eigenvalue weighted by atomic mass is 10.0. The van der Waals surface area contributed by atoms with Crippen molar-refractivity contribution < 1.29 is 4.79 Å². The van der Waals surface area contributed by atoms with Crippen LogP contribution >= 0.6 is 0 Å². The zero-order chi connectivity index (χ0) is 17.6. The maximum atomic E-state index is 12.2. The van der Waals surface area contributed by atoms with Crippen LogP contribution in [-0.2, 0) is 11.2 Å². The van der Waals surface area contributed by atoms with Crippen molar-refractivity contribution in [3.05, 3.63) is 77.9 Å². The van der Waals surface area contributed by atoms with E-state index < -0.39 is 0 Å². The van der Waals surface area contributed by atoms with Crippen molar-refractivity contribution in [3.63, 3.8) is 0 Å². The number of nitrogens with zero attached hydrogens (tertiary/aromatic N) is 2. The van der Waals surface area contributed by atoms with Gasteiger partial charge in [0.15, 0.2) is 0 Å². The van der Waals surface area contributed by atoms with Gasteiger partial charge in [0.2, 0.25) is 5.91 Å². The highest BCUT2D eigenvalue weighted by Crippen LogP contribution is 2.18. The average Bonchev–Trinajstić information content (AvgIpc) is 2.62. The van der Waals surface area contributed by atoms with Gasteiger partial charge in [-0.25, -0.2) is 5.43 Å². The molecule has 3 aromatic carbocycles. The van der Waals surface area contributed by atoms with E-state index in [1.54, 1.807) is 6.21 Å². The van der Waals surface area contributed by atoms with Crippen molar-refractivity contribution >= 4 is 28.6 Å². The SMILES string of the molecule is CN(C)c1ccc(C=NNC(=O)Cc2cccc3ccccc23)cc1. The first-order chi connectivity index (χ1) is 12.1. The van der Waals surface area contributed by atoms with Crippen molar-refractivity contribution in [2.75, 3.05) is 19.0 Å². The van der Waals surface area contributed by atoms with Crippen molar-refractivity contribution in [1.29, 1.82) is 0 Å². The van der Waals surface area contributed by atoms with Crippen LogP contribution in [0, 0.1) is 0 Å². The Labute approximate surface area is 147 Å². The largest absolute Gasteiger partial charge is 0.378 e. The highest BCUT2D eigenvalue weighted by Gasteiger charge is 2.05. The van der Waals surface area contributed by atoms with Gasteiger partial charge in [-0.2, -0.15) is 5.10 Å². The molecule has 0 saturated heterocycles. The molecule has 0 unspecified atom stereocenters. The van der Waals surface area contributed by atoms with E-state index in [4.69, 9.17) is 0 Å². The molecule has 0 spiro atoms. The lowest BCUT2D eigenvalue weighted by Crippen LogP contribution is -2.19. The van der Waals surface area contributed by atoms with Crippen LogP contribution in [0.4, 0.5) is 5.69 Å². The fourth-order valence-electron chi connectivity index (χ4n) is 2.70. The molecule has 126 valence electrons. The maximum Gasteiger partial charge on any atom is 0.244 e. The third kappa shape index (κ3) is 4.23. The van der Waals surface area contributed by atoms with Crippen molar-refractivity contribution in [1.82, 2.24) is 5.43 Å². The van der Waals surface area contributed by atoms with Gasteiger partial charge in [0.1, 0.15) is 0 Å². The van der Waals surface area contributed by atoms with E-state index in [0.29, 0.717) is 6.42 Å². The van der Waals surface area contributed by atoms with E-state index in [1.165, 1.54) is 0 Å². The van der Waals surface area contributed by atoms with Crippen molar-refractivity contribution in [2.24, 2.45) is 5.10 Å². The van der Waals surface area contributed by atoms with Gasteiger partial charge < -0.3 is 4.90 Å². The molecule has 1 amide bonds. The Kier molecular flexibility index (Phi) is 5.09. The number of anilines is 1. The lowest BCUT2D eigenvalue weighted by molar-refractivity contribution is -0.120. The Morgan fingerprint density at radius 1 is 1.00 bits per heavy atom. The van der Waals surface area contributed by atoms with E-state index >= 15 is 0 Å². The molecule has 0 atom stereocenters. The molecule has 0 fully saturated rings. The number of carbonyl (C=O) groups is 1. The van der Waals surface area contributed by atoms with Gasteiger partial charge in [0, 0.05) is 19.8 Å². The van der Waals surface area contributed by atoms with Crippen molar-refractivity contribution in [3.8, 4) is 0 Å². The number of benzene rings is 3. The molecular weight excluding hydrogens is 310 g/mol. The molecule has 3 aromatic rings. The highest BCUT2D eigenvalue weighted by molar-refractivity contribution is 5.90. The number of rotatable bonds is 5. The molecular formula is C21H21N3O. The van der Waals surface area contributed by atoms with Gasteiger partial charge in [-0.15, -0.1) is 0 Å². The van der Waals surface area contributed by atoms with Gasteiger partial charge in [-0.05, 0) is 34.0 Å². The summed E-state index contributed by atoms with van der Waals surface area (Å²) in [5.41, 5.74) is 5.67. The van der Waals surface area contributed by atoms with Gasteiger partial charge in [0.05, 0.1) is 12.6 Å². The van der Waals surface area contributed by atoms with Gasteiger partial charge >= 0.3 is 0 Å². The second-order valence-electron chi connectivity index (χ2n) is 6.09. The second kappa shape index (κ2) is 7.62. The first kappa shape index (κ1) is 16.7. The van der Waals surface area contributed by atoms with Crippen LogP contribution in [-0.4, -0.2) is 26.2 Å². The summed E-state index contributed by atoms with van der Waals surface area (Å²) in [6, 6.07) is 22.0. The third-order valence-electron chi connectivity index (χ3n) is 4.04. The predicted octanol–water partition coefficient (Wildman–Crippen LogP) is 3.60. The van der Waals surface area contributed by atoms with Crippen LogP contribution in [0.5, 0.6) is 0 Å². The summed E-state index contributed by atoms with van der Waals surface area (Å²) < 4.78 is 0. The molecule has 4 nitrogen and oxygen atoms in total. The number of amides is 1. The normalized spacial score (nSPS) is 11.0. The Morgan fingerprint density at radius 3 is 2.48 bits per heavy atom. The minimum Gasteiger partial charge on any atom is -0.378 e. The van der Waals surface area contributed by atoms with E-state index in [0.717, 1.165) is 27.6 Å². The molecule has 0 bridgehead atoms. The van der Waals surface area contributed by atoms with Crippen LogP contribution in [0.1, 0.15) is 11.1 Å². The lowest BCUT2D eigenvalue weighted by Gasteiger charge is -2.11. The molecule has 0 aliphatic rings. The minimum absolute atomic E-state index is 0.127. The molecule has 3 rings (SSSR count). The molecule has 0 saturated carbocycles. The van der Waals surface area contributed by atoms with Gasteiger partial charge in [0.25, 0.3) is 0 Å². The number of nitrogens with one attached hydrogen (secondary N) is 1. The Hall–Kier alpha value is -3.14. The molecule has 25 heavy (non-hydrogen) atoms. The number of hydrazone groups is 1. The first-order valence-electron chi connectivity index (χ1n) is 8.19. The molecule has 0 aliphatic heterocycles. The number of hydrogen-bond acceptors (Lipinski definition) is 3. The average molecular weight is 331 g/mol. The van der Waals surface area contributed by atoms with Crippen LogP contribution in [0.3, 0.4) is 0 Å². The fraction of sp³-hybridized carbons (Fsp3) is 0.143. The van der Waals surface area contributed by atoms with Gasteiger partial charge in [-0.1, -0.05) is 54.6 Å². The molecule has 0 aliphatic carbocycles. The molecule has 4 heteroatoms. The number of hydrogen-bond donors (Lipinski definition) is 1. The molecule has 1 N–H and O–H groups in total. The summed E-state index contributed by atoms with van der Waals surface area (Å²) in [6.45, 7) is 0. The first-order valence-corrected chi connectivity index (χ1v) is 8.19. The quantitative estimate of drug-likeness (QED) is 0.573. The summed E-state index contributed by atoms with van der Waals surface area (Å²) >= 11 is 0. The second-order valence-corrected chi connectivity index (χ2v) is 6.09. The molecule has 0 aromatic heterocycles. The number of carbonyl (C=O) groups excluding carboxylic acids is 1. The van der Waals surface area contributed by atoms with E-state index in [9.17, 15) is 4.79 Å². The molecule has 0 radical (unpaired) electrons. The van der Waals surface area contributed by atoms with Gasteiger partial charge in [-0.3, -0.25) is 4.79 Å².